The summed E-state index contributed by atoms with van der Waals surface area (Å²) >= 11 is 3.52. The molecule has 2 aromatic heterocycles. The van der Waals surface area contributed by atoms with Gasteiger partial charge in [0.2, 0.25) is 0 Å². The van der Waals surface area contributed by atoms with Crippen LogP contribution in [0.5, 0.6) is 0 Å². The van der Waals surface area contributed by atoms with E-state index in [1.54, 1.807) is 7.05 Å². The lowest BCUT2D eigenvalue weighted by Gasteiger charge is -2.22. The summed E-state index contributed by atoms with van der Waals surface area (Å²) in [6.45, 7) is 1.44. The van der Waals surface area contributed by atoms with Gasteiger partial charge in [-0.3, -0.25) is 4.99 Å². The molecule has 3 aromatic rings. The minimum atomic E-state index is 0.667. The summed E-state index contributed by atoms with van der Waals surface area (Å²) in [5, 5.41) is 7.83. The van der Waals surface area contributed by atoms with Crippen molar-refractivity contribution in [2.45, 2.75) is 13.1 Å². The number of rotatable bonds is 5. The number of halogens is 1. The molecular formula is C19H23BrN6. The molecule has 0 spiro atoms. The molecule has 0 aliphatic heterocycles. The second-order valence-electron chi connectivity index (χ2n) is 6.15. The number of guanidine groups is 1. The van der Waals surface area contributed by atoms with Crippen LogP contribution in [0, 0.1) is 0 Å². The van der Waals surface area contributed by atoms with Crippen LogP contribution in [0.1, 0.15) is 11.3 Å². The van der Waals surface area contributed by atoms with Crippen molar-refractivity contribution in [1.82, 2.24) is 24.6 Å². The maximum atomic E-state index is 4.43. The van der Waals surface area contributed by atoms with Crippen LogP contribution in [0.4, 0.5) is 0 Å². The third kappa shape index (κ3) is 4.35. The average Bonchev–Trinajstić information content (AvgIpc) is 3.23. The minimum Gasteiger partial charge on any atom is -0.352 e. The van der Waals surface area contributed by atoms with Gasteiger partial charge in [0, 0.05) is 55.8 Å². The van der Waals surface area contributed by atoms with Gasteiger partial charge < -0.3 is 14.8 Å². The van der Waals surface area contributed by atoms with Gasteiger partial charge in [-0.15, -0.1) is 0 Å². The van der Waals surface area contributed by atoms with Crippen molar-refractivity contribution in [2.75, 3.05) is 14.1 Å². The Morgan fingerprint density at radius 2 is 2.04 bits per heavy atom. The van der Waals surface area contributed by atoms with Crippen LogP contribution in [-0.2, 0) is 20.1 Å². The molecule has 1 aromatic carbocycles. The van der Waals surface area contributed by atoms with Gasteiger partial charge in [-0.1, -0.05) is 18.2 Å². The van der Waals surface area contributed by atoms with E-state index in [9.17, 15) is 0 Å². The molecule has 3 rings (SSSR count). The average molecular weight is 415 g/mol. The van der Waals surface area contributed by atoms with Gasteiger partial charge >= 0.3 is 0 Å². The minimum absolute atomic E-state index is 0.667. The molecule has 0 saturated carbocycles. The number of para-hydroxylation sites is 1. The van der Waals surface area contributed by atoms with Crippen molar-refractivity contribution in [2.24, 2.45) is 12.0 Å². The molecule has 7 heteroatoms. The lowest BCUT2D eigenvalue weighted by atomic mass is 10.3. The number of hydrogen-bond donors (Lipinski definition) is 1. The van der Waals surface area contributed by atoms with Crippen LogP contribution >= 0.6 is 15.9 Å². The molecule has 0 aliphatic rings. The fraction of sp³-hybridized carbons (Fsp3) is 0.263. The number of nitrogens with one attached hydrogen (secondary N) is 1. The SMILES string of the molecule is CN=C(NCc1cnn(-c2ccccc2)c1)N(C)Cc1cc(Br)cn1C. The third-order valence-corrected chi connectivity index (χ3v) is 4.59. The van der Waals surface area contributed by atoms with E-state index in [1.165, 1.54) is 5.69 Å². The van der Waals surface area contributed by atoms with E-state index in [0.29, 0.717) is 6.54 Å². The van der Waals surface area contributed by atoms with Crippen molar-refractivity contribution >= 4 is 21.9 Å². The standard InChI is InChI=1S/C19H23BrN6/c1-21-19(25(3)14-18-9-16(20)13-24(18)2)22-10-15-11-23-26(12-15)17-7-5-4-6-8-17/h4-9,11-13H,10,14H2,1-3H3,(H,21,22). The van der Waals surface area contributed by atoms with Gasteiger partial charge in [0.1, 0.15) is 0 Å². The maximum Gasteiger partial charge on any atom is 0.194 e. The highest BCUT2D eigenvalue weighted by atomic mass is 79.9. The molecule has 0 aliphatic carbocycles. The first-order chi connectivity index (χ1) is 12.6. The van der Waals surface area contributed by atoms with Gasteiger partial charge in [0.25, 0.3) is 0 Å². The molecule has 26 heavy (non-hydrogen) atoms. The van der Waals surface area contributed by atoms with Gasteiger partial charge in [-0.25, -0.2) is 4.68 Å². The summed E-state index contributed by atoms with van der Waals surface area (Å²) in [6.07, 6.45) is 5.96. The molecule has 6 nitrogen and oxygen atoms in total. The Morgan fingerprint density at radius 3 is 2.69 bits per heavy atom. The molecule has 0 saturated heterocycles. The molecule has 0 amide bonds. The Hall–Kier alpha value is -2.54. The summed E-state index contributed by atoms with van der Waals surface area (Å²) in [7, 11) is 5.87. The van der Waals surface area contributed by atoms with E-state index >= 15 is 0 Å². The summed E-state index contributed by atoms with van der Waals surface area (Å²) in [6, 6.07) is 12.2. The predicted octanol–water partition coefficient (Wildman–Crippen LogP) is 3.18. The summed E-state index contributed by atoms with van der Waals surface area (Å²) in [5.41, 5.74) is 3.36. The van der Waals surface area contributed by atoms with Crippen molar-refractivity contribution in [1.29, 1.82) is 0 Å². The van der Waals surface area contributed by atoms with E-state index in [4.69, 9.17) is 0 Å². The summed E-state index contributed by atoms with van der Waals surface area (Å²) < 4.78 is 5.07. The van der Waals surface area contributed by atoms with E-state index in [1.807, 2.05) is 61.5 Å². The van der Waals surface area contributed by atoms with Crippen molar-refractivity contribution in [3.05, 3.63) is 70.7 Å². The topological polar surface area (TPSA) is 50.4 Å². The zero-order chi connectivity index (χ0) is 18.5. The maximum absolute atomic E-state index is 4.43. The largest absolute Gasteiger partial charge is 0.352 e. The Labute approximate surface area is 162 Å². The van der Waals surface area contributed by atoms with Crippen LogP contribution in [0.25, 0.3) is 5.69 Å². The number of nitrogens with zero attached hydrogens (tertiary/aromatic N) is 5. The Bertz CT molecular complexity index is 881. The lowest BCUT2D eigenvalue weighted by molar-refractivity contribution is 0.461. The third-order valence-electron chi connectivity index (χ3n) is 4.15. The first-order valence-electron chi connectivity index (χ1n) is 8.38. The summed E-state index contributed by atoms with van der Waals surface area (Å²) in [4.78, 5) is 6.48. The number of aliphatic imine (C=N–C) groups is 1. The molecule has 0 bridgehead atoms. The Morgan fingerprint density at radius 1 is 1.27 bits per heavy atom. The Kier molecular flexibility index (Phi) is 5.78. The second-order valence-corrected chi connectivity index (χ2v) is 7.06. The molecule has 136 valence electrons. The zero-order valence-corrected chi connectivity index (χ0v) is 16.8. The van der Waals surface area contributed by atoms with Crippen LogP contribution in [0.15, 0.2) is 64.5 Å². The number of aromatic nitrogens is 3. The fourth-order valence-corrected chi connectivity index (χ4v) is 3.35. The Balaban J connectivity index is 1.61. The number of aryl methyl sites for hydroxylation is 1. The van der Waals surface area contributed by atoms with Crippen molar-refractivity contribution in [3.8, 4) is 5.69 Å². The molecule has 0 unspecified atom stereocenters. The van der Waals surface area contributed by atoms with E-state index in [2.05, 4.69) is 53.1 Å². The smallest absolute Gasteiger partial charge is 0.194 e. The normalized spacial score (nSPS) is 11.6. The first-order valence-corrected chi connectivity index (χ1v) is 9.17. The summed E-state index contributed by atoms with van der Waals surface area (Å²) in [5.74, 6) is 0.842. The van der Waals surface area contributed by atoms with E-state index in [-0.39, 0.29) is 0 Å². The van der Waals surface area contributed by atoms with Crippen LogP contribution in [0.3, 0.4) is 0 Å². The highest BCUT2D eigenvalue weighted by Crippen LogP contribution is 2.15. The van der Waals surface area contributed by atoms with E-state index in [0.717, 1.165) is 28.2 Å². The zero-order valence-electron chi connectivity index (χ0n) is 15.2. The number of benzene rings is 1. The van der Waals surface area contributed by atoms with Crippen LogP contribution in [-0.4, -0.2) is 39.3 Å². The van der Waals surface area contributed by atoms with Crippen molar-refractivity contribution < 1.29 is 0 Å². The van der Waals surface area contributed by atoms with Gasteiger partial charge in [0.05, 0.1) is 18.4 Å². The first kappa shape index (κ1) is 18.3. The lowest BCUT2D eigenvalue weighted by Crippen LogP contribution is -2.38. The molecule has 1 N–H and O–H groups in total. The molecule has 2 heterocycles. The van der Waals surface area contributed by atoms with Gasteiger partial charge in [-0.2, -0.15) is 5.10 Å². The predicted molar refractivity (Wildman–Crippen MR) is 108 cm³/mol. The highest BCUT2D eigenvalue weighted by molar-refractivity contribution is 9.10. The van der Waals surface area contributed by atoms with Gasteiger partial charge in [0.15, 0.2) is 5.96 Å². The van der Waals surface area contributed by atoms with Crippen LogP contribution < -0.4 is 5.32 Å². The quantitative estimate of drug-likeness (QED) is 0.515. The van der Waals surface area contributed by atoms with E-state index < -0.39 is 0 Å². The fourth-order valence-electron chi connectivity index (χ4n) is 2.78. The molecule has 0 fully saturated rings. The highest BCUT2D eigenvalue weighted by Gasteiger charge is 2.10. The number of hydrogen-bond acceptors (Lipinski definition) is 2. The van der Waals surface area contributed by atoms with Gasteiger partial charge in [-0.05, 0) is 34.1 Å². The van der Waals surface area contributed by atoms with Crippen LogP contribution in [0.2, 0.25) is 0 Å². The van der Waals surface area contributed by atoms with Crippen molar-refractivity contribution in [3.63, 3.8) is 0 Å². The molecular weight excluding hydrogens is 392 g/mol. The monoisotopic (exact) mass is 414 g/mol. The molecule has 0 atom stereocenters. The molecule has 0 radical (unpaired) electrons. The second kappa shape index (κ2) is 8.23.